The summed E-state index contributed by atoms with van der Waals surface area (Å²) in [6, 6.07) is 0. The largest absolute Gasteiger partial charge is 0.472 e. The molecule has 0 aliphatic carbocycles. The molecule has 2 atom stereocenters. The van der Waals surface area contributed by atoms with E-state index in [1.807, 2.05) is 42.5 Å². The number of esters is 1. The third-order valence-electron chi connectivity index (χ3n) is 8.16. The van der Waals surface area contributed by atoms with Gasteiger partial charge in [-0.25, -0.2) is 4.57 Å². The van der Waals surface area contributed by atoms with Crippen LogP contribution in [0.2, 0.25) is 0 Å². The minimum absolute atomic E-state index is 0.0757. The number of phosphoric acid groups is 1. The highest BCUT2D eigenvalue weighted by Gasteiger charge is 2.25. The van der Waals surface area contributed by atoms with Crippen molar-refractivity contribution in [1.29, 1.82) is 0 Å². The topological polar surface area (TPSA) is 117 Å². The third-order valence-corrected chi connectivity index (χ3v) is 9.15. The normalized spacial score (nSPS) is 14.5. The molecular formula is C45H76NO7P. The van der Waals surface area contributed by atoms with Crippen LogP contribution in [0, 0.1) is 0 Å². The number of rotatable bonds is 38. The molecular weight excluding hydrogens is 697 g/mol. The Hall–Kier alpha value is -2.58. The molecule has 0 amide bonds. The molecule has 0 saturated carbocycles. The Morgan fingerprint density at radius 2 is 1.00 bits per heavy atom. The molecule has 308 valence electrons. The Labute approximate surface area is 330 Å². The van der Waals surface area contributed by atoms with E-state index < -0.39 is 13.9 Å². The molecule has 0 aromatic heterocycles. The number of hydrogen-bond donors (Lipinski definition) is 2. The fourth-order valence-corrected chi connectivity index (χ4v) is 5.83. The monoisotopic (exact) mass is 774 g/mol. The fraction of sp³-hybridized carbons (Fsp3) is 0.622. The predicted octanol–water partition coefficient (Wildman–Crippen LogP) is 12.3. The molecule has 0 aliphatic rings. The zero-order valence-electron chi connectivity index (χ0n) is 33.9. The first-order valence-electron chi connectivity index (χ1n) is 20.8. The van der Waals surface area contributed by atoms with E-state index in [-0.39, 0.29) is 38.8 Å². The molecule has 9 heteroatoms. The van der Waals surface area contributed by atoms with Gasteiger partial charge in [0.25, 0.3) is 0 Å². The number of nitrogens with two attached hydrogens (primary N) is 1. The molecule has 3 N–H and O–H groups in total. The Balaban J connectivity index is 4.24. The molecule has 0 spiro atoms. The first-order valence-corrected chi connectivity index (χ1v) is 22.3. The van der Waals surface area contributed by atoms with E-state index >= 15 is 0 Å². The number of ether oxygens (including phenoxy) is 2. The van der Waals surface area contributed by atoms with Crippen molar-refractivity contribution in [3.8, 4) is 0 Å². The highest BCUT2D eigenvalue weighted by molar-refractivity contribution is 7.47. The zero-order valence-corrected chi connectivity index (χ0v) is 34.8. The quantitative estimate of drug-likeness (QED) is 0.0276. The number of allylic oxidation sites excluding steroid dienone is 16. The van der Waals surface area contributed by atoms with E-state index in [1.54, 1.807) is 0 Å². The Kier molecular flexibility index (Phi) is 39.6. The molecule has 0 heterocycles. The first-order chi connectivity index (χ1) is 26.4. The van der Waals surface area contributed by atoms with E-state index in [0.29, 0.717) is 13.0 Å². The minimum Gasteiger partial charge on any atom is -0.457 e. The summed E-state index contributed by atoms with van der Waals surface area (Å²) in [6.07, 6.45) is 54.2. The summed E-state index contributed by atoms with van der Waals surface area (Å²) in [5, 5.41) is 0. The lowest BCUT2D eigenvalue weighted by atomic mass is 10.1. The lowest BCUT2D eigenvalue weighted by molar-refractivity contribution is -0.154. The van der Waals surface area contributed by atoms with Gasteiger partial charge in [-0.2, -0.15) is 0 Å². The Bertz CT molecular complexity index is 1140. The van der Waals surface area contributed by atoms with Gasteiger partial charge in [-0.3, -0.25) is 13.8 Å². The van der Waals surface area contributed by atoms with Crippen LogP contribution in [0.15, 0.2) is 97.2 Å². The zero-order chi connectivity index (χ0) is 39.5. The minimum atomic E-state index is -4.30. The highest BCUT2D eigenvalue weighted by atomic mass is 31.2. The van der Waals surface area contributed by atoms with E-state index in [9.17, 15) is 14.3 Å². The Morgan fingerprint density at radius 1 is 0.556 bits per heavy atom. The van der Waals surface area contributed by atoms with Crippen LogP contribution in [0.4, 0.5) is 0 Å². The van der Waals surface area contributed by atoms with Gasteiger partial charge in [-0.1, -0.05) is 175 Å². The summed E-state index contributed by atoms with van der Waals surface area (Å²) < 4.78 is 33.3. The molecule has 0 radical (unpaired) electrons. The molecule has 0 saturated heterocycles. The molecule has 0 fully saturated rings. The molecule has 0 rings (SSSR count). The summed E-state index contributed by atoms with van der Waals surface area (Å²) in [4.78, 5) is 22.4. The van der Waals surface area contributed by atoms with Crippen LogP contribution in [0.1, 0.15) is 142 Å². The number of unbranched alkanes of at least 4 members (excludes halogenated alkanes) is 15. The molecule has 0 aromatic carbocycles. The van der Waals surface area contributed by atoms with Gasteiger partial charge in [0.15, 0.2) is 0 Å². The average molecular weight is 774 g/mol. The lowest BCUT2D eigenvalue weighted by Crippen LogP contribution is -2.28. The smallest absolute Gasteiger partial charge is 0.457 e. The lowest BCUT2D eigenvalue weighted by Gasteiger charge is -2.20. The number of hydrogen-bond acceptors (Lipinski definition) is 7. The summed E-state index contributed by atoms with van der Waals surface area (Å²) >= 11 is 0. The van der Waals surface area contributed by atoms with Crippen LogP contribution in [0.3, 0.4) is 0 Å². The van der Waals surface area contributed by atoms with Crippen LogP contribution in [0.5, 0.6) is 0 Å². The van der Waals surface area contributed by atoms with Crippen molar-refractivity contribution in [2.75, 3.05) is 33.0 Å². The molecule has 0 aliphatic heterocycles. The standard InChI is InChI=1S/C45H76NO7P/c1-3-5-7-9-11-13-15-17-19-20-21-22-23-25-27-29-31-33-35-37-40-50-42-44(43-52-54(48,49)51-41-39-46)53-45(47)38-36-34-32-30-28-26-24-18-16-14-12-10-8-6-4-2/h9,11,13,15,17-28,44H,3-8,10,12,14,16,29-43,46H2,1-2H3,(H,48,49)/b11-9+,15-13+,19-17+,21-20+,23-22+,24-18-,27-25+,28-26+/t44-/m1/s1. The summed E-state index contributed by atoms with van der Waals surface area (Å²) in [7, 11) is -4.30. The summed E-state index contributed by atoms with van der Waals surface area (Å²) in [5.41, 5.74) is 5.36. The van der Waals surface area contributed by atoms with Crippen molar-refractivity contribution < 1.29 is 32.8 Å². The van der Waals surface area contributed by atoms with Crippen molar-refractivity contribution in [1.82, 2.24) is 0 Å². The van der Waals surface area contributed by atoms with Crippen molar-refractivity contribution in [2.45, 2.75) is 148 Å². The summed E-state index contributed by atoms with van der Waals surface area (Å²) in [6.45, 7) is 4.69. The van der Waals surface area contributed by atoms with Gasteiger partial charge in [0, 0.05) is 19.6 Å². The van der Waals surface area contributed by atoms with Crippen LogP contribution in [-0.2, 0) is 27.9 Å². The highest BCUT2D eigenvalue weighted by Crippen LogP contribution is 2.43. The number of carbonyl (C=O) groups is 1. The van der Waals surface area contributed by atoms with Crippen LogP contribution in [0.25, 0.3) is 0 Å². The fourth-order valence-electron chi connectivity index (χ4n) is 5.06. The Morgan fingerprint density at radius 3 is 1.54 bits per heavy atom. The van der Waals surface area contributed by atoms with E-state index in [2.05, 4.69) is 68.5 Å². The van der Waals surface area contributed by atoms with Crippen molar-refractivity contribution in [3.63, 3.8) is 0 Å². The van der Waals surface area contributed by atoms with Gasteiger partial charge in [0.1, 0.15) is 6.10 Å². The molecule has 54 heavy (non-hydrogen) atoms. The second-order valence-electron chi connectivity index (χ2n) is 13.3. The average Bonchev–Trinajstić information content (AvgIpc) is 3.16. The van der Waals surface area contributed by atoms with Gasteiger partial charge in [-0.15, -0.1) is 0 Å². The second kappa shape index (κ2) is 41.6. The maximum atomic E-state index is 12.6. The predicted molar refractivity (Wildman–Crippen MR) is 228 cm³/mol. The number of phosphoric ester groups is 1. The van der Waals surface area contributed by atoms with Crippen molar-refractivity contribution in [2.24, 2.45) is 5.73 Å². The van der Waals surface area contributed by atoms with E-state index in [4.69, 9.17) is 24.3 Å². The van der Waals surface area contributed by atoms with Gasteiger partial charge >= 0.3 is 13.8 Å². The third kappa shape index (κ3) is 40.6. The van der Waals surface area contributed by atoms with E-state index in [0.717, 1.165) is 64.2 Å². The maximum Gasteiger partial charge on any atom is 0.472 e. The number of carbonyl (C=O) groups excluding carboxylic acids is 1. The van der Waals surface area contributed by atoms with Crippen molar-refractivity contribution >= 4 is 13.8 Å². The van der Waals surface area contributed by atoms with Crippen LogP contribution < -0.4 is 5.73 Å². The maximum absolute atomic E-state index is 12.6. The second-order valence-corrected chi connectivity index (χ2v) is 14.8. The van der Waals surface area contributed by atoms with Gasteiger partial charge in [0.05, 0.1) is 19.8 Å². The van der Waals surface area contributed by atoms with Crippen LogP contribution in [-0.4, -0.2) is 49.9 Å². The van der Waals surface area contributed by atoms with Gasteiger partial charge < -0.3 is 20.1 Å². The molecule has 1 unspecified atom stereocenters. The first kappa shape index (κ1) is 51.4. The molecule has 8 nitrogen and oxygen atoms in total. The molecule has 0 aromatic rings. The van der Waals surface area contributed by atoms with Gasteiger partial charge in [-0.05, 0) is 57.8 Å². The SMILES string of the molecule is CCCC/C=C/C=C/C=C/C=C/C=C/C=C/CCCCCCOC[C@H](COP(=O)(O)OCCN)OC(=O)CCCCC/C=C/C=C\CCCCCCCC. The summed E-state index contributed by atoms with van der Waals surface area (Å²) in [5.74, 6) is -0.374. The van der Waals surface area contributed by atoms with Crippen LogP contribution >= 0.6 is 7.82 Å². The van der Waals surface area contributed by atoms with Crippen molar-refractivity contribution in [3.05, 3.63) is 97.2 Å². The van der Waals surface area contributed by atoms with E-state index in [1.165, 1.54) is 51.4 Å². The van der Waals surface area contributed by atoms with Gasteiger partial charge in [0.2, 0.25) is 0 Å². The molecule has 0 bridgehead atoms.